The van der Waals surface area contributed by atoms with Crippen molar-refractivity contribution in [2.75, 3.05) is 11.6 Å². The van der Waals surface area contributed by atoms with Crippen molar-refractivity contribution in [1.29, 1.82) is 0 Å². The monoisotopic (exact) mass is 485 g/mol. The number of carbonyl (C=O) groups excluding carboxylic acids is 1. The molecule has 2 heterocycles. The smallest absolute Gasteiger partial charge is 0.251 e. The summed E-state index contributed by atoms with van der Waals surface area (Å²) in [7, 11) is -3.83. The molecule has 0 aliphatic rings. The maximum Gasteiger partial charge on any atom is 0.251 e. The molecule has 0 spiro atoms. The number of hydrogen-bond donors (Lipinski definition) is 3. The standard InChI is InChI=1S/C20H18F3N3O4S2/c1-9(27)5-10-6-12(21)17(13(22)7-10)14-8-11(19(24)28)20(31-14)26-16-4-3-15(18(23)25-16)32(2,29)30/h3-4,6-9,27H,5H2,1-2H3,(H2,24,28)(H,25,26). The molecular formula is C20H18F3N3O4S2. The molecule has 0 saturated heterocycles. The first kappa shape index (κ1) is 23.7. The second-order valence-corrected chi connectivity index (χ2v) is 10.1. The summed E-state index contributed by atoms with van der Waals surface area (Å²) in [4.78, 5) is 14.8. The zero-order valence-electron chi connectivity index (χ0n) is 16.8. The molecule has 0 aliphatic carbocycles. The third-order valence-corrected chi connectivity index (χ3v) is 6.50. The molecule has 4 N–H and O–H groups in total. The number of carbonyl (C=O) groups is 1. The maximum absolute atomic E-state index is 14.7. The molecule has 1 aromatic carbocycles. The van der Waals surface area contributed by atoms with Crippen LogP contribution in [0.5, 0.6) is 0 Å². The molecule has 0 radical (unpaired) electrons. The van der Waals surface area contributed by atoms with Gasteiger partial charge in [0.25, 0.3) is 5.91 Å². The third kappa shape index (κ3) is 5.09. The minimum atomic E-state index is -3.83. The molecule has 0 aliphatic heterocycles. The number of rotatable bonds is 7. The minimum Gasteiger partial charge on any atom is -0.393 e. The Morgan fingerprint density at radius 3 is 2.34 bits per heavy atom. The topological polar surface area (TPSA) is 122 Å². The zero-order valence-corrected chi connectivity index (χ0v) is 18.5. The molecule has 0 saturated carbocycles. The first-order valence-corrected chi connectivity index (χ1v) is 11.8. The number of primary amides is 1. The van der Waals surface area contributed by atoms with Gasteiger partial charge in [-0.2, -0.15) is 4.39 Å². The zero-order chi connectivity index (χ0) is 23.8. The van der Waals surface area contributed by atoms with Gasteiger partial charge < -0.3 is 16.2 Å². The van der Waals surface area contributed by atoms with E-state index in [1.807, 2.05) is 0 Å². The molecule has 1 atom stereocenters. The molecule has 2 aromatic heterocycles. The van der Waals surface area contributed by atoms with Gasteiger partial charge in [0, 0.05) is 11.1 Å². The van der Waals surface area contributed by atoms with Gasteiger partial charge in [0.2, 0.25) is 5.95 Å². The van der Waals surface area contributed by atoms with Gasteiger partial charge in [0.05, 0.1) is 17.2 Å². The van der Waals surface area contributed by atoms with Crippen molar-refractivity contribution < 1.29 is 31.5 Å². The van der Waals surface area contributed by atoms with Crippen LogP contribution in [0.1, 0.15) is 22.8 Å². The molecule has 3 aromatic rings. The van der Waals surface area contributed by atoms with E-state index in [1.165, 1.54) is 19.1 Å². The number of halogens is 3. The molecule has 170 valence electrons. The Bertz CT molecular complexity index is 1280. The van der Waals surface area contributed by atoms with Crippen molar-refractivity contribution in [3.8, 4) is 10.4 Å². The number of aliphatic hydroxyl groups is 1. The number of anilines is 2. The van der Waals surface area contributed by atoms with Crippen LogP contribution in [0.4, 0.5) is 24.0 Å². The van der Waals surface area contributed by atoms with E-state index in [-0.39, 0.29) is 33.2 Å². The molecule has 7 nitrogen and oxygen atoms in total. The lowest BCUT2D eigenvalue weighted by Gasteiger charge is -2.08. The van der Waals surface area contributed by atoms with Crippen molar-refractivity contribution in [3.63, 3.8) is 0 Å². The number of nitrogens with two attached hydrogens (primary N) is 1. The normalized spacial score (nSPS) is 12.6. The number of benzene rings is 1. The summed E-state index contributed by atoms with van der Waals surface area (Å²) in [5.74, 6) is -4.09. The highest BCUT2D eigenvalue weighted by molar-refractivity contribution is 7.90. The van der Waals surface area contributed by atoms with Crippen molar-refractivity contribution in [2.24, 2.45) is 5.73 Å². The van der Waals surface area contributed by atoms with Gasteiger partial charge in [-0.05, 0) is 49.2 Å². The third-order valence-electron chi connectivity index (χ3n) is 4.33. The van der Waals surface area contributed by atoms with Gasteiger partial charge in [-0.15, -0.1) is 11.3 Å². The first-order chi connectivity index (χ1) is 14.9. The lowest BCUT2D eigenvalue weighted by molar-refractivity contribution is 0.100. The predicted molar refractivity (Wildman–Crippen MR) is 114 cm³/mol. The van der Waals surface area contributed by atoms with Gasteiger partial charge in [-0.3, -0.25) is 4.79 Å². The van der Waals surface area contributed by atoms with Gasteiger partial charge >= 0.3 is 0 Å². The van der Waals surface area contributed by atoms with Crippen LogP contribution in [0, 0.1) is 17.6 Å². The number of aliphatic hydroxyl groups excluding tert-OH is 1. The predicted octanol–water partition coefficient (Wildman–Crippen LogP) is 3.40. The molecule has 1 unspecified atom stereocenters. The number of amides is 1. The molecule has 32 heavy (non-hydrogen) atoms. The van der Waals surface area contributed by atoms with E-state index in [0.717, 1.165) is 35.8 Å². The first-order valence-electron chi connectivity index (χ1n) is 9.10. The van der Waals surface area contributed by atoms with E-state index in [9.17, 15) is 31.5 Å². The summed E-state index contributed by atoms with van der Waals surface area (Å²) >= 11 is 0.777. The average molecular weight is 486 g/mol. The lowest BCUT2D eigenvalue weighted by Crippen LogP contribution is -2.12. The number of sulfone groups is 1. The number of nitrogens with zero attached hydrogens (tertiary/aromatic N) is 1. The number of nitrogens with one attached hydrogen (secondary N) is 1. The second kappa shape index (κ2) is 8.88. The van der Waals surface area contributed by atoms with Crippen molar-refractivity contribution in [3.05, 3.63) is 59.0 Å². The van der Waals surface area contributed by atoms with Crippen LogP contribution in [-0.4, -0.2) is 36.8 Å². The number of thiophene rings is 1. The van der Waals surface area contributed by atoms with Crippen LogP contribution >= 0.6 is 11.3 Å². The molecule has 0 fully saturated rings. The largest absolute Gasteiger partial charge is 0.393 e. The maximum atomic E-state index is 14.7. The van der Waals surface area contributed by atoms with E-state index in [0.29, 0.717) is 0 Å². The lowest BCUT2D eigenvalue weighted by atomic mass is 10.0. The Hall–Kier alpha value is -2.96. The summed E-state index contributed by atoms with van der Waals surface area (Å²) in [6, 6.07) is 5.53. The van der Waals surface area contributed by atoms with Gasteiger partial charge in [-0.1, -0.05) is 0 Å². The van der Waals surface area contributed by atoms with Gasteiger partial charge in [-0.25, -0.2) is 22.2 Å². The quantitative estimate of drug-likeness (QED) is 0.441. The molecule has 1 amide bonds. The van der Waals surface area contributed by atoms with Gasteiger partial charge in [0.1, 0.15) is 27.3 Å². The van der Waals surface area contributed by atoms with Crippen LogP contribution in [0.2, 0.25) is 0 Å². The van der Waals surface area contributed by atoms with Crippen molar-refractivity contribution in [1.82, 2.24) is 4.98 Å². The Labute approximate surface area is 185 Å². The Morgan fingerprint density at radius 1 is 1.22 bits per heavy atom. The summed E-state index contributed by atoms with van der Waals surface area (Å²) in [6.07, 6.45) is 0.0890. The summed E-state index contributed by atoms with van der Waals surface area (Å²) < 4.78 is 66.4. The molecule has 12 heteroatoms. The molecular weight excluding hydrogens is 467 g/mol. The summed E-state index contributed by atoms with van der Waals surface area (Å²) in [5, 5.41) is 12.1. The highest BCUT2D eigenvalue weighted by atomic mass is 32.2. The van der Waals surface area contributed by atoms with Crippen LogP contribution in [0.25, 0.3) is 10.4 Å². The fraction of sp³-hybridized carbons (Fsp3) is 0.200. The Balaban J connectivity index is 2.02. The highest BCUT2D eigenvalue weighted by Crippen LogP contribution is 2.39. The second-order valence-electron chi connectivity index (χ2n) is 7.09. The van der Waals surface area contributed by atoms with Crippen molar-refractivity contribution >= 4 is 37.9 Å². The molecule has 0 bridgehead atoms. The molecule has 3 rings (SSSR count). The van der Waals surface area contributed by atoms with E-state index in [4.69, 9.17) is 5.73 Å². The van der Waals surface area contributed by atoms with Crippen LogP contribution < -0.4 is 11.1 Å². The van der Waals surface area contributed by atoms with E-state index in [1.54, 1.807) is 0 Å². The minimum absolute atomic E-state index is 0.0353. The van der Waals surface area contributed by atoms with Gasteiger partial charge in [0.15, 0.2) is 9.84 Å². The fourth-order valence-corrected chi connectivity index (χ4v) is 4.78. The number of hydrogen-bond acceptors (Lipinski definition) is 7. The number of aromatic nitrogens is 1. The van der Waals surface area contributed by atoms with Crippen molar-refractivity contribution in [2.45, 2.75) is 24.3 Å². The van der Waals surface area contributed by atoms with Crippen LogP contribution in [0.3, 0.4) is 0 Å². The SMILES string of the molecule is CC(O)Cc1cc(F)c(-c2cc(C(N)=O)c(Nc3ccc(S(C)(=O)=O)c(F)n3)s2)c(F)c1. The number of pyridine rings is 1. The van der Waals surface area contributed by atoms with E-state index < -0.39 is 49.9 Å². The Morgan fingerprint density at radius 2 is 1.84 bits per heavy atom. The fourth-order valence-electron chi connectivity index (χ4n) is 2.99. The van der Waals surface area contributed by atoms with E-state index >= 15 is 0 Å². The summed E-state index contributed by atoms with van der Waals surface area (Å²) in [6.45, 7) is 1.49. The Kier molecular flexibility index (Phi) is 6.58. The van der Waals surface area contributed by atoms with Crippen LogP contribution in [-0.2, 0) is 16.3 Å². The average Bonchev–Trinajstić information content (AvgIpc) is 3.03. The van der Waals surface area contributed by atoms with Crippen LogP contribution in [0.15, 0.2) is 35.2 Å². The highest BCUT2D eigenvalue weighted by Gasteiger charge is 2.22. The summed E-state index contributed by atoms with van der Waals surface area (Å²) in [5.41, 5.74) is 5.11. The van der Waals surface area contributed by atoms with E-state index in [2.05, 4.69) is 10.3 Å².